The Morgan fingerprint density at radius 2 is 0.744 bits per heavy atom. The second kappa shape index (κ2) is 10.6. The van der Waals surface area contributed by atoms with E-state index in [0.717, 1.165) is 6.32 Å². The second-order valence-corrected chi connectivity index (χ2v) is 11.0. The van der Waals surface area contributed by atoms with Crippen LogP contribution in [0.4, 0.5) is 0 Å². The van der Waals surface area contributed by atoms with Crippen LogP contribution in [0.5, 0.6) is 0 Å². The molecule has 1 radical (unpaired) electrons. The van der Waals surface area contributed by atoms with Crippen molar-refractivity contribution in [1.29, 1.82) is 0 Å². The Labute approximate surface area is 234 Å². The van der Waals surface area contributed by atoms with Crippen LogP contribution in [-0.2, 0) is 0 Å². The summed E-state index contributed by atoms with van der Waals surface area (Å²) in [6, 6.07) is 44.3. The minimum absolute atomic E-state index is 0.258. The van der Waals surface area contributed by atoms with Gasteiger partial charge in [-0.15, -0.1) is 0 Å². The molecule has 0 saturated carbocycles. The Bertz CT molecular complexity index is 1500. The molecule has 0 unspecified atom stereocenters. The van der Waals surface area contributed by atoms with Crippen molar-refractivity contribution in [2.45, 2.75) is 34.0 Å². The molecule has 39 heavy (non-hydrogen) atoms. The third-order valence-electron chi connectivity index (χ3n) is 9.04. The van der Waals surface area contributed by atoms with Gasteiger partial charge in [-0.25, -0.2) is 10.9 Å². The Hall–Kier alpha value is -4.10. The fourth-order valence-corrected chi connectivity index (χ4v) is 6.76. The van der Waals surface area contributed by atoms with Gasteiger partial charge in [0.15, 0.2) is 0 Å². The molecule has 6 rings (SSSR count). The highest BCUT2D eigenvalue weighted by atomic mass is 14.3. The molecule has 191 valence electrons. The van der Waals surface area contributed by atoms with Crippen LogP contribution in [0.1, 0.15) is 49.9 Å². The predicted octanol–water partition coefficient (Wildman–Crippen LogP) is 10.1. The number of rotatable bonds is 6. The Balaban J connectivity index is 1.69. The lowest BCUT2D eigenvalue weighted by Crippen LogP contribution is -2.21. The van der Waals surface area contributed by atoms with Crippen molar-refractivity contribution >= 4 is 28.8 Å². The van der Waals surface area contributed by atoms with E-state index >= 15 is 0 Å². The molecule has 0 aromatic heterocycles. The molecule has 0 bridgehead atoms. The predicted molar refractivity (Wildman–Crippen MR) is 170 cm³/mol. The summed E-state index contributed by atoms with van der Waals surface area (Å²) in [6.45, 7) is 9.56. The molecule has 4 aromatic rings. The number of hydrogen-bond donors (Lipinski definition) is 0. The zero-order chi connectivity index (χ0) is 26.9. The number of benzene rings is 4. The van der Waals surface area contributed by atoms with Gasteiger partial charge in [-0.3, -0.25) is 0 Å². The molecule has 0 amide bonds. The van der Waals surface area contributed by atoms with Gasteiger partial charge in [0.25, 0.3) is 0 Å². The Morgan fingerprint density at radius 1 is 0.436 bits per heavy atom. The van der Waals surface area contributed by atoms with E-state index in [1.54, 1.807) is 0 Å². The standard InChI is InChI=1S/C38H35B/c1-26-27(2)29(4)34(28(26)3)25-39-37(32-21-13-7-14-22-32)35(30-17-9-5-10-18-30)36(31-19-11-6-12-20-31)38(39)33-23-15-8-16-24-33/h5-24,34H,25H2,1-4H3/q-1. The van der Waals surface area contributed by atoms with Gasteiger partial charge in [0.1, 0.15) is 0 Å². The van der Waals surface area contributed by atoms with Crippen LogP contribution < -0.4 is 0 Å². The summed E-state index contributed by atoms with van der Waals surface area (Å²) in [5.41, 5.74) is 16.8. The van der Waals surface area contributed by atoms with Crippen molar-refractivity contribution in [2.75, 3.05) is 0 Å². The first-order valence-corrected chi connectivity index (χ1v) is 14.1. The van der Waals surface area contributed by atoms with E-state index < -0.39 is 0 Å². The molecule has 0 N–H and O–H groups in total. The van der Waals surface area contributed by atoms with Gasteiger partial charge in [0, 0.05) is 0 Å². The monoisotopic (exact) mass is 502 g/mol. The van der Waals surface area contributed by atoms with Crippen LogP contribution >= 0.6 is 0 Å². The molecular formula is C38H35B-. The second-order valence-electron chi connectivity index (χ2n) is 11.0. The highest BCUT2D eigenvalue weighted by molar-refractivity contribution is 7.00. The third kappa shape index (κ3) is 4.47. The van der Waals surface area contributed by atoms with Gasteiger partial charge in [0.05, 0.1) is 0 Å². The molecule has 1 heterocycles. The van der Waals surface area contributed by atoms with Crippen molar-refractivity contribution in [3.8, 4) is 0 Å². The first-order valence-electron chi connectivity index (χ1n) is 14.1. The van der Waals surface area contributed by atoms with Crippen LogP contribution in [0.3, 0.4) is 0 Å². The van der Waals surface area contributed by atoms with Crippen LogP contribution in [0.2, 0.25) is 6.32 Å². The Morgan fingerprint density at radius 3 is 1.08 bits per heavy atom. The van der Waals surface area contributed by atoms with Crippen molar-refractivity contribution in [3.05, 3.63) is 166 Å². The van der Waals surface area contributed by atoms with Gasteiger partial charge < -0.3 is 0 Å². The maximum absolute atomic E-state index is 2.35. The van der Waals surface area contributed by atoms with Crippen molar-refractivity contribution in [3.63, 3.8) is 0 Å². The minimum atomic E-state index is 0.258. The first kappa shape index (κ1) is 25.2. The molecule has 1 heteroatoms. The summed E-state index contributed by atoms with van der Waals surface area (Å²) in [7, 11) is 0. The van der Waals surface area contributed by atoms with Crippen molar-refractivity contribution in [2.24, 2.45) is 5.92 Å². The maximum atomic E-state index is 2.35. The van der Waals surface area contributed by atoms with Crippen LogP contribution in [-0.4, -0.2) is 6.71 Å². The zero-order valence-electron chi connectivity index (χ0n) is 23.4. The molecule has 0 spiro atoms. The molecule has 0 saturated heterocycles. The maximum Gasteiger partial charge on any atom is -0.0211 e. The molecule has 1 aliphatic heterocycles. The average molecular weight is 503 g/mol. The van der Waals surface area contributed by atoms with E-state index in [1.807, 2.05) is 0 Å². The minimum Gasteiger partial charge on any atom is -0.223 e. The summed E-state index contributed by atoms with van der Waals surface area (Å²) in [5, 5.41) is 0. The van der Waals surface area contributed by atoms with Crippen LogP contribution in [0.25, 0.3) is 22.1 Å². The highest BCUT2D eigenvalue weighted by Gasteiger charge is 2.31. The van der Waals surface area contributed by atoms with Gasteiger partial charge in [0.2, 0.25) is 0 Å². The molecule has 1 aliphatic carbocycles. The summed E-state index contributed by atoms with van der Waals surface area (Å²) >= 11 is 0. The topological polar surface area (TPSA) is 0 Å². The molecular weight excluding hydrogens is 467 g/mol. The van der Waals surface area contributed by atoms with Gasteiger partial charge in [-0.1, -0.05) is 161 Å². The summed E-state index contributed by atoms with van der Waals surface area (Å²) < 4.78 is 0. The molecule has 4 aromatic carbocycles. The summed E-state index contributed by atoms with van der Waals surface area (Å²) in [4.78, 5) is 0. The van der Waals surface area contributed by atoms with E-state index in [4.69, 9.17) is 0 Å². The molecule has 0 nitrogen and oxygen atoms in total. The number of allylic oxidation sites excluding steroid dienone is 6. The SMILES string of the molecule is CC1=C(C)C(C[B-]2C(c3ccccc3)=C(c3ccccc3)C(c3ccccc3)=C2c2ccccc2)C(C)=C1C. The van der Waals surface area contributed by atoms with Crippen LogP contribution in [0, 0.1) is 5.92 Å². The fourth-order valence-electron chi connectivity index (χ4n) is 6.76. The lowest BCUT2D eigenvalue weighted by Gasteiger charge is -2.35. The van der Waals surface area contributed by atoms with E-state index in [1.165, 1.54) is 66.6 Å². The van der Waals surface area contributed by atoms with E-state index in [2.05, 4.69) is 149 Å². The number of hydrogen-bond acceptors (Lipinski definition) is 0. The van der Waals surface area contributed by atoms with Crippen molar-refractivity contribution < 1.29 is 0 Å². The zero-order valence-corrected chi connectivity index (χ0v) is 23.4. The van der Waals surface area contributed by atoms with Gasteiger partial charge in [-0.2, -0.15) is 6.32 Å². The normalized spacial score (nSPS) is 16.7. The van der Waals surface area contributed by atoms with E-state index in [0.29, 0.717) is 5.92 Å². The molecule has 2 aliphatic rings. The average Bonchev–Trinajstić information content (AvgIpc) is 3.43. The lowest BCUT2D eigenvalue weighted by molar-refractivity contribution is 0.807. The van der Waals surface area contributed by atoms with Gasteiger partial charge >= 0.3 is 0 Å². The fraction of sp³-hybridized carbons (Fsp3) is 0.158. The largest absolute Gasteiger partial charge is 0.223 e. The molecule has 0 fully saturated rings. The smallest absolute Gasteiger partial charge is 0.0211 e. The molecule has 0 atom stereocenters. The van der Waals surface area contributed by atoms with Crippen LogP contribution in [0.15, 0.2) is 144 Å². The quantitative estimate of drug-likeness (QED) is 0.230. The van der Waals surface area contributed by atoms with Gasteiger partial charge in [-0.05, 0) is 55.9 Å². The summed E-state index contributed by atoms with van der Waals surface area (Å²) in [5.74, 6) is 0.444. The summed E-state index contributed by atoms with van der Waals surface area (Å²) in [6.07, 6.45) is 1.06. The van der Waals surface area contributed by atoms with Crippen molar-refractivity contribution in [1.82, 2.24) is 0 Å². The first-order chi connectivity index (χ1) is 19.1. The van der Waals surface area contributed by atoms with E-state index in [-0.39, 0.29) is 6.71 Å². The van der Waals surface area contributed by atoms with E-state index in [9.17, 15) is 0 Å². The Kier molecular flexibility index (Phi) is 6.84. The third-order valence-corrected chi connectivity index (χ3v) is 9.04. The highest BCUT2D eigenvalue weighted by Crippen LogP contribution is 2.54. The lowest BCUT2D eigenvalue weighted by atomic mass is 9.35.